The van der Waals surface area contributed by atoms with Gasteiger partial charge in [0.15, 0.2) is 37.2 Å². The number of rotatable bonds is 17. The minimum Gasteiger partial charge on any atom is -0.479 e. The van der Waals surface area contributed by atoms with Gasteiger partial charge in [-0.05, 0) is 99.7 Å². The summed E-state index contributed by atoms with van der Waals surface area (Å²) in [5.74, 6) is -5.76. The summed E-state index contributed by atoms with van der Waals surface area (Å²) in [7, 11) is 0. The predicted molar refractivity (Wildman–Crippen MR) is 292 cm³/mol. The Morgan fingerprint density at radius 1 is 0.694 bits per heavy atom. The van der Waals surface area contributed by atoms with Crippen molar-refractivity contribution in [2.45, 2.75) is 251 Å². The number of hydrogen-bond donors (Lipinski definition) is 12. The SMILES string of the molecule is C/C=C(/C)C(=O)OC(C)C(=O)O[C@H]1[C@H](OC(=O)C(C)CC)[C@@]2(CO)C(CC1(C)C)C1=CCC3[C@@]4(C)CC[C@H](O[C@@H]5OC(C(=O)O)[C@@H](O)[C@@H](O[C@@H]6O[C@@H](CO)[C@@H](O)C6O)C5O[C@@H]5OC(CO)[C@H](O)[C@@H](O)C5O)C(C)(C)C4CC[C@@]3(C)[C@]1(C)[C@@H](O)[C@H]2O. The molecule has 25 heteroatoms. The number of allylic oxidation sites excluding steroid dienone is 2. The summed E-state index contributed by atoms with van der Waals surface area (Å²) < 4.78 is 54.6. The molecule has 7 fully saturated rings. The highest BCUT2D eigenvalue weighted by molar-refractivity contribution is 5.90. The smallest absolute Gasteiger partial charge is 0.347 e. The quantitative estimate of drug-likeness (QED) is 0.0306. The van der Waals surface area contributed by atoms with Crippen LogP contribution in [0.1, 0.15) is 128 Å². The van der Waals surface area contributed by atoms with Crippen molar-refractivity contribution in [2.75, 3.05) is 19.8 Å². The van der Waals surface area contributed by atoms with Crippen LogP contribution < -0.4 is 0 Å². The van der Waals surface area contributed by atoms with Crippen LogP contribution >= 0.6 is 0 Å². The lowest BCUT2D eigenvalue weighted by molar-refractivity contribution is -0.386. The molecule has 85 heavy (non-hydrogen) atoms. The Balaban J connectivity index is 1.13. The van der Waals surface area contributed by atoms with Crippen LogP contribution in [0.5, 0.6) is 0 Å². The summed E-state index contributed by atoms with van der Waals surface area (Å²) in [6.45, 7) is 19.6. The Morgan fingerprint density at radius 3 is 1.84 bits per heavy atom. The van der Waals surface area contributed by atoms with Crippen LogP contribution in [0.15, 0.2) is 23.3 Å². The van der Waals surface area contributed by atoms with Crippen LogP contribution in [-0.4, -0.2) is 228 Å². The Labute approximate surface area is 495 Å². The lowest BCUT2D eigenvalue weighted by Crippen LogP contribution is -2.76. The minimum absolute atomic E-state index is 0.185. The fraction of sp³-hybridized carbons (Fsp3) is 0.867. The number of carboxylic acids is 1. The summed E-state index contributed by atoms with van der Waals surface area (Å²) in [5, 5.41) is 134. The molecule has 3 aliphatic heterocycles. The molecule has 484 valence electrons. The van der Waals surface area contributed by atoms with Crippen molar-refractivity contribution < 1.29 is 123 Å². The van der Waals surface area contributed by atoms with Crippen molar-refractivity contribution >= 4 is 23.9 Å². The molecule has 0 amide bonds. The number of esters is 3. The third kappa shape index (κ3) is 11.0. The molecule has 10 unspecified atom stereocenters. The van der Waals surface area contributed by atoms with Crippen molar-refractivity contribution in [1.29, 1.82) is 0 Å². The van der Waals surface area contributed by atoms with Crippen molar-refractivity contribution in [3.05, 3.63) is 23.3 Å². The van der Waals surface area contributed by atoms with E-state index in [2.05, 4.69) is 19.9 Å². The second-order valence-corrected chi connectivity index (χ2v) is 27.5. The van der Waals surface area contributed by atoms with Gasteiger partial charge in [0.2, 0.25) is 0 Å². The minimum atomic E-state index is -2.14. The average molecular weight is 1220 g/mol. The van der Waals surface area contributed by atoms with Gasteiger partial charge < -0.3 is 104 Å². The first-order chi connectivity index (χ1) is 39.6. The largest absolute Gasteiger partial charge is 0.479 e. The molecule has 28 atom stereocenters. The number of hydrogen-bond acceptors (Lipinski definition) is 24. The summed E-state index contributed by atoms with van der Waals surface area (Å²) in [4.78, 5) is 53.7. The van der Waals surface area contributed by atoms with Crippen molar-refractivity contribution in [2.24, 2.45) is 56.2 Å². The molecule has 3 saturated heterocycles. The van der Waals surface area contributed by atoms with Crippen molar-refractivity contribution in [3.63, 3.8) is 0 Å². The zero-order chi connectivity index (χ0) is 63.2. The van der Waals surface area contributed by atoms with Gasteiger partial charge in [-0.15, -0.1) is 0 Å². The van der Waals surface area contributed by atoms with Crippen LogP contribution in [0.25, 0.3) is 0 Å². The molecular formula is C60H94O25. The number of carboxylic acid groups (broad SMARTS) is 1. The third-order valence-electron chi connectivity index (χ3n) is 22.3. The third-order valence-corrected chi connectivity index (χ3v) is 22.3. The Hall–Kier alpha value is -3.32. The summed E-state index contributed by atoms with van der Waals surface area (Å²) in [5.41, 5.74) is -5.12. The second-order valence-electron chi connectivity index (χ2n) is 27.5. The Morgan fingerprint density at radius 2 is 1.27 bits per heavy atom. The molecule has 3 heterocycles. The van der Waals surface area contributed by atoms with Gasteiger partial charge in [-0.25, -0.2) is 14.4 Å². The molecule has 25 nitrogen and oxygen atoms in total. The van der Waals surface area contributed by atoms with Crippen LogP contribution in [-0.2, 0) is 61.8 Å². The maximum Gasteiger partial charge on any atom is 0.347 e. The molecule has 4 saturated carbocycles. The van der Waals surface area contributed by atoms with E-state index in [1.165, 1.54) is 19.9 Å². The molecule has 0 bridgehead atoms. The highest BCUT2D eigenvalue weighted by Gasteiger charge is 2.76. The highest BCUT2D eigenvalue weighted by Crippen LogP contribution is 2.76. The van der Waals surface area contributed by atoms with E-state index in [-0.39, 0.29) is 23.8 Å². The summed E-state index contributed by atoms with van der Waals surface area (Å²) >= 11 is 0. The monoisotopic (exact) mass is 1210 g/mol. The molecule has 5 aliphatic carbocycles. The molecule has 12 N–H and O–H groups in total. The standard InChI is InChI=1S/C60H94O25/c1-13-25(3)49(74)77-27(5)51(76)84-46-47(85-50(75)26(4)14-2)60(24-63)29(21-55(46,6)7)28-15-16-33-57(10)19-18-34(56(8,9)32(57)17-20-58(33,11)59(28,12)44(70)45(60)71)80-54-43(83-53-39(68)37(66)35(64)30(22-61)78-53)41(40(69)42(82-54)48(72)73)81-52-38(67)36(65)31(23-62)79-52/h13,15,26-27,29-47,52-54,61-71H,14,16-24H2,1-12H3,(H,72,73)/b25-13-/t26?,27?,29?,30?,31-,32?,33?,34-,35-,36+,37+,38?,39?,40-,41+,42?,43?,44-,45+,46-,47-,52-,53-,54+,57-,58+,59-,60-/m0/s1. The van der Waals surface area contributed by atoms with Crippen molar-refractivity contribution in [3.8, 4) is 0 Å². The van der Waals surface area contributed by atoms with Crippen LogP contribution in [0.4, 0.5) is 0 Å². The van der Waals surface area contributed by atoms with Gasteiger partial charge in [-0.2, -0.15) is 0 Å². The van der Waals surface area contributed by atoms with Gasteiger partial charge in [0.1, 0.15) is 67.1 Å². The topological polar surface area (TPSA) is 394 Å². The van der Waals surface area contributed by atoms with E-state index in [0.29, 0.717) is 38.5 Å². The van der Waals surface area contributed by atoms with Crippen molar-refractivity contribution in [1.82, 2.24) is 0 Å². The van der Waals surface area contributed by atoms with E-state index in [1.54, 1.807) is 20.8 Å². The van der Waals surface area contributed by atoms with Gasteiger partial charge in [0.25, 0.3) is 0 Å². The van der Waals surface area contributed by atoms with Crippen LogP contribution in [0, 0.1) is 56.2 Å². The number of ether oxygens (including phenoxy) is 9. The first kappa shape index (κ1) is 67.6. The maximum absolute atomic E-state index is 14.1. The molecule has 0 aromatic carbocycles. The van der Waals surface area contributed by atoms with Gasteiger partial charge in [-0.1, -0.05) is 80.0 Å². The van der Waals surface area contributed by atoms with Gasteiger partial charge in [0, 0.05) is 16.4 Å². The van der Waals surface area contributed by atoms with Crippen LogP contribution in [0.2, 0.25) is 0 Å². The maximum atomic E-state index is 14.1. The Kier molecular flexibility index (Phi) is 19.7. The molecule has 0 aromatic rings. The predicted octanol–water partition coefficient (Wildman–Crippen LogP) is 0.274. The van der Waals surface area contributed by atoms with Crippen LogP contribution in [0.3, 0.4) is 0 Å². The van der Waals surface area contributed by atoms with E-state index < -0.39 is 211 Å². The summed E-state index contributed by atoms with van der Waals surface area (Å²) in [6.07, 6.45) is -27.5. The lowest BCUT2D eigenvalue weighted by Gasteiger charge is -2.73. The highest BCUT2D eigenvalue weighted by atomic mass is 16.8. The molecule has 0 spiro atoms. The number of fused-ring (bicyclic) bond motifs is 7. The van der Waals surface area contributed by atoms with E-state index in [0.717, 1.165) is 5.57 Å². The average Bonchev–Trinajstić information content (AvgIpc) is 0.906. The first-order valence-corrected chi connectivity index (χ1v) is 30.0. The molecule has 8 rings (SSSR count). The van der Waals surface area contributed by atoms with E-state index in [9.17, 15) is 80.5 Å². The van der Waals surface area contributed by atoms with E-state index in [4.69, 9.17) is 42.6 Å². The van der Waals surface area contributed by atoms with Gasteiger partial charge in [-0.3, -0.25) is 4.79 Å². The second kappa shape index (κ2) is 24.8. The fourth-order valence-corrected chi connectivity index (χ4v) is 16.6. The molecule has 8 aliphatic rings. The molecule has 0 aromatic heterocycles. The number of carbonyl (C=O) groups excluding carboxylic acids is 3. The Bertz CT molecular complexity index is 2500. The van der Waals surface area contributed by atoms with E-state index in [1.807, 2.05) is 34.6 Å². The number of aliphatic hydroxyl groups excluding tert-OH is 11. The summed E-state index contributed by atoms with van der Waals surface area (Å²) in [6, 6.07) is 0. The first-order valence-electron chi connectivity index (χ1n) is 30.0. The zero-order valence-corrected chi connectivity index (χ0v) is 50.8. The number of carbonyl (C=O) groups is 4. The normalized spacial score (nSPS) is 47.3. The molecular weight excluding hydrogens is 1120 g/mol. The molecule has 0 radical (unpaired) electrons. The van der Waals surface area contributed by atoms with E-state index >= 15 is 0 Å². The number of aliphatic carboxylic acids is 1. The van der Waals surface area contributed by atoms with Gasteiger partial charge >= 0.3 is 23.9 Å². The number of aliphatic hydroxyl groups is 11. The van der Waals surface area contributed by atoms with Gasteiger partial charge in [0.05, 0.1) is 49.5 Å². The zero-order valence-electron chi connectivity index (χ0n) is 50.8. The fourth-order valence-electron chi connectivity index (χ4n) is 16.6. The lowest BCUT2D eigenvalue weighted by atomic mass is 9.32.